The quantitative estimate of drug-likeness (QED) is 0.807. The largest absolute Gasteiger partial charge is 0.396 e. The number of hydrogen-bond donors (Lipinski definition) is 2. The summed E-state index contributed by atoms with van der Waals surface area (Å²) in [4.78, 5) is 13.9. The van der Waals surface area contributed by atoms with Gasteiger partial charge in [0.1, 0.15) is 6.54 Å². The van der Waals surface area contributed by atoms with Crippen LogP contribution >= 0.6 is 0 Å². The van der Waals surface area contributed by atoms with E-state index in [-0.39, 0.29) is 18.4 Å². The molecule has 2 rings (SSSR count). The van der Waals surface area contributed by atoms with Gasteiger partial charge in [-0.1, -0.05) is 6.92 Å². The summed E-state index contributed by atoms with van der Waals surface area (Å²) in [7, 11) is 0. The minimum absolute atomic E-state index is 0.0171. The van der Waals surface area contributed by atoms with Gasteiger partial charge in [0, 0.05) is 13.1 Å². The number of aromatic nitrogens is 2. The van der Waals surface area contributed by atoms with Gasteiger partial charge < -0.3 is 15.7 Å². The summed E-state index contributed by atoms with van der Waals surface area (Å²) in [5.74, 6) is 0.241. The van der Waals surface area contributed by atoms with Crippen LogP contribution < -0.4 is 5.73 Å². The second kappa shape index (κ2) is 5.21. The highest BCUT2D eigenvalue weighted by molar-refractivity contribution is 5.76. The lowest BCUT2D eigenvalue weighted by atomic mass is 9.96. The first kappa shape index (κ1) is 13.9. The molecule has 2 heterocycles. The number of carbonyl (C=O) groups is 1. The van der Waals surface area contributed by atoms with Crippen LogP contribution in [0.5, 0.6) is 0 Å². The smallest absolute Gasteiger partial charge is 0.244 e. The minimum Gasteiger partial charge on any atom is -0.396 e. The van der Waals surface area contributed by atoms with Gasteiger partial charge in [0.05, 0.1) is 23.2 Å². The molecule has 0 aromatic carbocycles. The molecule has 106 valence electrons. The van der Waals surface area contributed by atoms with Crippen molar-refractivity contribution in [2.24, 2.45) is 5.92 Å². The molecule has 0 bridgehead atoms. The van der Waals surface area contributed by atoms with Crippen LogP contribution in [0.1, 0.15) is 24.7 Å². The average Bonchev–Trinajstić information content (AvgIpc) is 2.60. The van der Waals surface area contributed by atoms with E-state index in [0.29, 0.717) is 18.8 Å². The van der Waals surface area contributed by atoms with Crippen molar-refractivity contribution in [1.82, 2.24) is 14.7 Å². The molecule has 3 N–H and O–H groups in total. The molecule has 0 saturated carbocycles. The maximum Gasteiger partial charge on any atom is 0.244 e. The fourth-order valence-corrected chi connectivity index (χ4v) is 2.37. The number of nitrogen functional groups attached to an aromatic ring is 1. The minimum atomic E-state index is -0.428. The van der Waals surface area contributed by atoms with Gasteiger partial charge in [-0.05, 0) is 26.2 Å². The van der Waals surface area contributed by atoms with Gasteiger partial charge in [-0.3, -0.25) is 9.48 Å². The molecule has 2 unspecified atom stereocenters. The van der Waals surface area contributed by atoms with Crippen LogP contribution in [-0.2, 0) is 11.3 Å². The van der Waals surface area contributed by atoms with Crippen molar-refractivity contribution < 1.29 is 9.90 Å². The number of rotatable bonds is 2. The topological polar surface area (TPSA) is 84.4 Å². The van der Waals surface area contributed by atoms with Gasteiger partial charge in [0.25, 0.3) is 0 Å². The van der Waals surface area contributed by atoms with Crippen LogP contribution in [0.4, 0.5) is 5.69 Å². The zero-order chi connectivity index (χ0) is 14.2. The van der Waals surface area contributed by atoms with E-state index in [2.05, 4.69) is 5.10 Å². The first-order chi connectivity index (χ1) is 8.90. The maximum atomic E-state index is 12.2. The van der Waals surface area contributed by atoms with E-state index in [1.807, 2.05) is 20.8 Å². The summed E-state index contributed by atoms with van der Waals surface area (Å²) in [5.41, 5.74) is 8.05. The summed E-state index contributed by atoms with van der Waals surface area (Å²) in [6.07, 6.45) is 0.412. The number of anilines is 1. The van der Waals surface area contributed by atoms with Crippen LogP contribution in [0, 0.1) is 19.8 Å². The van der Waals surface area contributed by atoms with Gasteiger partial charge in [0.15, 0.2) is 0 Å². The van der Waals surface area contributed by atoms with Crippen LogP contribution in [0.3, 0.4) is 0 Å². The average molecular weight is 266 g/mol. The molecule has 1 aliphatic rings. The number of aliphatic hydroxyl groups is 1. The molecule has 0 aliphatic carbocycles. The highest BCUT2D eigenvalue weighted by Gasteiger charge is 2.27. The van der Waals surface area contributed by atoms with Gasteiger partial charge in [-0.15, -0.1) is 0 Å². The highest BCUT2D eigenvalue weighted by atomic mass is 16.3. The Labute approximate surface area is 113 Å². The van der Waals surface area contributed by atoms with Crippen molar-refractivity contribution in [3.8, 4) is 0 Å². The molecular formula is C13H22N4O2. The predicted molar refractivity (Wildman–Crippen MR) is 72.5 cm³/mol. The molecule has 1 saturated heterocycles. The number of likely N-dealkylation sites (tertiary alicyclic amines) is 1. The lowest BCUT2D eigenvalue weighted by Gasteiger charge is -2.34. The van der Waals surface area contributed by atoms with Gasteiger partial charge in [0.2, 0.25) is 5.91 Å². The molecule has 2 atom stereocenters. The van der Waals surface area contributed by atoms with Gasteiger partial charge in [-0.2, -0.15) is 5.10 Å². The number of aryl methyl sites for hydroxylation is 1. The zero-order valence-corrected chi connectivity index (χ0v) is 11.8. The van der Waals surface area contributed by atoms with E-state index >= 15 is 0 Å². The Balaban J connectivity index is 2.03. The van der Waals surface area contributed by atoms with Crippen molar-refractivity contribution in [2.75, 3.05) is 18.8 Å². The Morgan fingerprint density at radius 1 is 1.53 bits per heavy atom. The van der Waals surface area contributed by atoms with E-state index in [9.17, 15) is 9.90 Å². The molecule has 6 heteroatoms. The number of nitrogens with zero attached hydrogens (tertiary/aromatic N) is 3. The molecule has 0 spiro atoms. The Bertz CT molecular complexity index is 483. The van der Waals surface area contributed by atoms with E-state index < -0.39 is 6.10 Å². The molecule has 19 heavy (non-hydrogen) atoms. The van der Waals surface area contributed by atoms with Crippen molar-refractivity contribution in [1.29, 1.82) is 0 Å². The number of amides is 1. The lowest BCUT2D eigenvalue weighted by Crippen LogP contribution is -2.47. The Morgan fingerprint density at radius 3 is 2.74 bits per heavy atom. The highest BCUT2D eigenvalue weighted by Crippen LogP contribution is 2.18. The SMILES string of the molecule is Cc1nn(CC(=O)N2CCC(C)C(O)C2)c(C)c1N. The summed E-state index contributed by atoms with van der Waals surface area (Å²) in [6.45, 7) is 6.99. The number of β-amino-alcohol motifs (C(OH)–C–C–N with tert-alkyl or cyclic N) is 1. The second-order valence-electron chi connectivity index (χ2n) is 5.42. The number of piperidine rings is 1. The van der Waals surface area contributed by atoms with Gasteiger partial charge in [-0.25, -0.2) is 0 Å². The van der Waals surface area contributed by atoms with Crippen LogP contribution in [0.25, 0.3) is 0 Å². The number of nitrogens with two attached hydrogens (primary N) is 1. The summed E-state index contributed by atoms with van der Waals surface area (Å²) < 4.78 is 1.64. The van der Waals surface area contributed by atoms with E-state index in [1.165, 1.54) is 0 Å². The third-order valence-corrected chi connectivity index (χ3v) is 3.99. The fourth-order valence-electron chi connectivity index (χ4n) is 2.37. The summed E-state index contributed by atoms with van der Waals surface area (Å²) in [6, 6.07) is 0. The molecule has 0 radical (unpaired) electrons. The zero-order valence-electron chi connectivity index (χ0n) is 11.8. The number of aliphatic hydroxyl groups excluding tert-OH is 1. The Morgan fingerprint density at radius 2 is 2.21 bits per heavy atom. The summed E-state index contributed by atoms with van der Waals surface area (Å²) >= 11 is 0. The molecule has 6 nitrogen and oxygen atoms in total. The number of carbonyl (C=O) groups excluding carboxylic acids is 1. The molecule has 1 amide bonds. The van der Waals surface area contributed by atoms with E-state index in [4.69, 9.17) is 5.73 Å². The monoisotopic (exact) mass is 266 g/mol. The molecule has 1 aliphatic heterocycles. The van der Waals surface area contributed by atoms with Gasteiger partial charge >= 0.3 is 0 Å². The van der Waals surface area contributed by atoms with E-state index in [1.54, 1.807) is 9.58 Å². The fraction of sp³-hybridized carbons (Fsp3) is 0.692. The summed E-state index contributed by atoms with van der Waals surface area (Å²) in [5, 5.41) is 14.1. The van der Waals surface area contributed by atoms with Crippen molar-refractivity contribution in [2.45, 2.75) is 39.8 Å². The van der Waals surface area contributed by atoms with Crippen LogP contribution in [-0.4, -0.2) is 44.9 Å². The van der Waals surface area contributed by atoms with Crippen molar-refractivity contribution in [3.05, 3.63) is 11.4 Å². The third kappa shape index (κ3) is 2.73. The normalized spacial score (nSPS) is 23.7. The van der Waals surface area contributed by atoms with Crippen molar-refractivity contribution >= 4 is 11.6 Å². The predicted octanol–water partition coefficient (Wildman–Crippen LogP) is 0.311. The number of hydrogen-bond acceptors (Lipinski definition) is 4. The standard InChI is InChI=1S/C13H22N4O2/c1-8-4-5-16(6-11(8)18)12(19)7-17-10(3)13(14)9(2)15-17/h8,11,18H,4-7,14H2,1-3H3. The van der Waals surface area contributed by atoms with E-state index in [0.717, 1.165) is 17.8 Å². The molecule has 1 aromatic rings. The molecule has 1 fully saturated rings. The molecular weight excluding hydrogens is 244 g/mol. The Hall–Kier alpha value is -1.56. The Kier molecular flexibility index (Phi) is 3.80. The first-order valence-electron chi connectivity index (χ1n) is 6.65. The van der Waals surface area contributed by atoms with Crippen molar-refractivity contribution in [3.63, 3.8) is 0 Å². The second-order valence-corrected chi connectivity index (χ2v) is 5.42. The molecule has 1 aromatic heterocycles. The lowest BCUT2D eigenvalue weighted by molar-refractivity contribution is -0.136. The third-order valence-electron chi connectivity index (χ3n) is 3.99. The van der Waals surface area contributed by atoms with Crippen LogP contribution in [0.15, 0.2) is 0 Å². The first-order valence-corrected chi connectivity index (χ1v) is 6.65. The maximum absolute atomic E-state index is 12.2. The van der Waals surface area contributed by atoms with Crippen LogP contribution in [0.2, 0.25) is 0 Å².